The number of nitrogens with zero attached hydrogens (tertiary/aromatic N) is 2. The molecule has 0 bridgehead atoms. The lowest BCUT2D eigenvalue weighted by Gasteiger charge is -2.24. The standard InChI is InChI=1S/C10H14N2O3/c13-10(14)4-9-5-11-7-12(9)8-2-1-3-15-6-8/h5,7-8H,1-4,6H2,(H,13,14). The van der Waals surface area contributed by atoms with Crippen LogP contribution in [-0.2, 0) is 16.0 Å². The Kier molecular flexibility index (Phi) is 3.01. The molecule has 1 unspecified atom stereocenters. The molecule has 0 aliphatic carbocycles. The Morgan fingerprint density at radius 2 is 2.60 bits per heavy atom. The first kappa shape index (κ1) is 10.2. The summed E-state index contributed by atoms with van der Waals surface area (Å²) in [7, 11) is 0. The van der Waals surface area contributed by atoms with Crippen LogP contribution in [0.3, 0.4) is 0 Å². The first-order chi connectivity index (χ1) is 7.27. The van der Waals surface area contributed by atoms with Gasteiger partial charge in [-0.25, -0.2) is 4.98 Å². The topological polar surface area (TPSA) is 64.3 Å². The zero-order valence-corrected chi connectivity index (χ0v) is 8.43. The molecule has 15 heavy (non-hydrogen) atoms. The predicted octanol–water partition coefficient (Wildman–Crippen LogP) is 0.862. The third-order valence-electron chi connectivity index (χ3n) is 2.61. The van der Waals surface area contributed by atoms with E-state index in [1.165, 1.54) is 0 Å². The molecule has 1 N–H and O–H groups in total. The molecular weight excluding hydrogens is 196 g/mol. The summed E-state index contributed by atoms with van der Waals surface area (Å²) >= 11 is 0. The molecule has 5 heteroatoms. The summed E-state index contributed by atoms with van der Waals surface area (Å²) in [6.07, 6.45) is 5.38. The van der Waals surface area contributed by atoms with E-state index in [0.717, 1.165) is 25.1 Å². The van der Waals surface area contributed by atoms with Crippen molar-refractivity contribution in [2.75, 3.05) is 13.2 Å². The van der Waals surface area contributed by atoms with Gasteiger partial charge >= 0.3 is 5.97 Å². The summed E-state index contributed by atoms with van der Waals surface area (Å²) < 4.78 is 7.29. The van der Waals surface area contributed by atoms with Crippen molar-refractivity contribution in [3.05, 3.63) is 18.2 Å². The highest BCUT2D eigenvalue weighted by Gasteiger charge is 2.18. The zero-order chi connectivity index (χ0) is 10.7. The highest BCUT2D eigenvalue weighted by Crippen LogP contribution is 2.21. The van der Waals surface area contributed by atoms with Crippen molar-refractivity contribution < 1.29 is 14.6 Å². The molecule has 0 radical (unpaired) electrons. The van der Waals surface area contributed by atoms with Gasteiger partial charge in [0, 0.05) is 18.5 Å². The summed E-state index contributed by atoms with van der Waals surface area (Å²) in [5.41, 5.74) is 0.748. The SMILES string of the molecule is O=C(O)Cc1cncn1C1CCCOC1. The van der Waals surface area contributed by atoms with Crippen LogP contribution in [0.1, 0.15) is 24.6 Å². The smallest absolute Gasteiger partial charge is 0.309 e. The van der Waals surface area contributed by atoms with E-state index in [4.69, 9.17) is 9.84 Å². The highest BCUT2D eigenvalue weighted by molar-refractivity contribution is 5.69. The molecule has 0 saturated carbocycles. The van der Waals surface area contributed by atoms with E-state index in [9.17, 15) is 4.79 Å². The van der Waals surface area contributed by atoms with Crippen LogP contribution in [0, 0.1) is 0 Å². The Morgan fingerprint density at radius 1 is 1.73 bits per heavy atom. The lowest BCUT2D eigenvalue weighted by atomic mass is 10.1. The third-order valence-corrected chi connectivity index (χ3v) is 2.61. The van der Waals surface area contributed by atoms with Gasteiger partial charge in [0.05, 0.1) is 25.4 Å². The Bertz CT molecular complexity index is 342. The molecule has 1 aromatic rings. The molecule has 1 saturated heterocycles. The summed E-state index contributed by atoms with van der Waals surface area (Å²) in [5.74, 6) is -0.825. The fourth-order valence-corrected chi connectivity index (χ4v) is 1.90. The molecule has 1 atom stereocenters. The molecule has 1 aromatic heterocycles. The molecule has 1 fully saturated rings. The van der Waals surface area contributed by atoms with Gasteiger partial charge in [0.2, 0.25) is 0 Å². The molecule has 1 aliphatic heterocycles. The van der Waals surface area contributed by atoms with E-state index in [-0.39, 0.29) is 12.5 Å². The minimum atomic E-state index is -0.825. The van der Waals surface area contributed by atoms with Crippen molar-refractivity contribution in [1.82, 2.24) is 9.55 Å². The van der Waals surface area contributed by atoms with Gasteiger partial charge in [-0.05, 0) is 12.8 Å². The Hall–Kier alpha value is -1.36. The van der Waals surface area contributed by atoms with Crippen LogP contribution in [0.15, 0.2) is 12.5 Å². The quantitative estimate of drug-likeness (QED) is 0.803. The number of hydrogen-bond donors (Lipinski definition) is 1. The van der Waals surface area contributed by atoms with Crippen molar-refractivity contribution in [2.24, 2.45) is 0 Å². The van der Waals surface area contributed by atoms with Gasteiger partial charge in [-0.1, -0.05) is 0 Å². The van der Waals surface area contributed by atoms with Crippen LogP contribution in [0.5, 0.6) is 0 Å². The number of rotatable bonds is 3. The molecule has 82 valence electrons. The second-order valence-electron chi connectivity index (χ2n) is 3.73. The monoisotopic (exact) mass is 210 g/mol. The summed E-state index contributed by atoms with van der Waals surface area (Å²) in [4.78, 5) is 14.6. The maximum atomic E-state index is 10.6. The van der Waals surface area contributed by atoms with Gasteiger partial charge in [0.25, 0.3) is 0 Å². The van der Waals surface area contributed by atoms with Gasteiger partial charge in [0.1, 0.15) is 0 Å². The van der Waals surface area contributed by atoms with E-state index < -0.39 is 5.97 Å². The number of ether oxygens (including phenoxy) is 1. The first-order valence-electron chi connectivity index (χ1n) is 5.07. The van der Waals surface area contributed by atoms with Gasteiger partial charge in [-0.3, -0.25) is 4.79 Å². The molecular formula is C10H14N2O3. The Labute approximate surface area is 87.7 Å². The summed E-state index contributed by atoms with van der Waals surface area (Å²) in [6.45, 7) is 1.46. The van der Waals surface area contributed by atoms with Crippen molar-refractivity contribution in [1.29, 1.82) is 0 Å². The predicted molar refractivity (Wildman–Crippen MR) is 52.7 cm³/mol. The molecule has 2 heterocycles. The molecule has 5 nitrogen and oxygen atoms in total. The van der Waals surface area contributed by atoms with Gasteiger partial charge in [-0.2, -0.15) is 0 Å². The minimum absolute atomic E-state index is 0.0243. The van der Waals surface area contributed by atoms with Gasteiger partial charge in [-0.15, -0.1) is 0 Å². The molecule has 0 amide bonds. The van der Waals surface area contributed by atoms with E-state index in [0.29, 0.717) is 6.61 Å². The van der Waals surface area contributed by atoms with Crippen molar-refractivity contribution >= 4 is 5.97 Å². The van der Waals surface area contributed by atoms with Crippen LogP contribution in [0.2, 0.25) is 0 Å². The third kappa shape index (κ3) is 2.36. The summed E-state index contributed by atoms with van der Waals surface area (Å²) in [6, 6.07) is 0.246. The van der Waals surface area contributed by atoms with Crippen LogP contribution in [0.25, 0.3) is 0 Å². The number of carboxylic acids is 1. The van der Waals surface area contributed by atoms with E-state index in [1.807, 2.05) is 4.57 Å². The number of carbonyl (C=O) groups is 1. The average molecular weight is 210 g/mol. The summed E-state index contributed by atoms with van der Waals surface area (Å²) in [5, 5.41) is 8.74. The fourth-order valence-electron chi connectivity index (χ4n) is 1.90. The number of aliphatic carboxylic acids is 1. The lowest BCUT2D eigenvalue weighted by Crippen LogP contribution is -2.22. The molecule has 2 rings (SSSR count). The lowest BCUT2D eigenvalue weighted by molar-refractivity contribution is -0.136. The average Bonchev–Trinajstić information content (AvgIpc) is 2.66. The Balaban J connectivity index is 2.12. The largest absolute Gasteiger partial charge is 0.481 e. The number of aromatic nitrogens is 2. The molecule has 0 spiro atoms. The maximum Gasteiger partial charge on any atom is 0.309 e. The second kappa shape index (κ2) is 4.44. The van der Waals surface area contributed by atoms with Crippen LogP contribution in [0.4, 0.5) is 0 Å². The van der Waals surface area contributed by atoms with E-state index >= 15 is 0 Å². The minimum Gasteiger partial charge on any atom is -0.481 e. The fraction of sp³-hybridized carbons (Fsp3) is 0.600. The second-order valence-corrected chi connectivity index (χ2v) is 3.73. The van der Waals surface area contributed by atoms with E-state index in [1.54, 1.807) is 12.5 Å². The van der Waals surface area contributed by atoms with Gasteiger partial charge < -0.3 is 14.4 Å². The molecule has 1 aliphatic rings. The van der Waals surface area contributed by atoms with Crippen molar-refractivity contribution in [2.45, 2.75) is 25.3 Å². The first-order valence-corrected chi connectivity index (χ1v) is 5.07. The normalized spacial score (nSPS) is 21.5. The number of hydrogen-bond acceptors (Lipinski definition) is 3. The van der Waals surface area contributed by atoms with Gasteiger partial charge in [0.15, 0.2) is 0 Å². The van der Waals surface area contributed by atoms with Crippen molar-refractivity contribution in [3.8, 4) is 0 Å². The van der Waals surface area contributed by atoms with Crippen molar-refractivity contribution in [3.63, 3.8) is 0 Å². The molecule has 0 aromatic carbocycles. The number of imidazole rings is 1. The Morgan fingerprint density at radius 3 is 3.27 bits per heavy atom. The highest BCUT2D eigenvalue weighted by atomic mass is 16.5. The maximum absolute atomic E-state index is 10.6. The van der Waals surface area contributed by atoms with Crippen LogP contribution >= 0.6 is 0 Å². The van der Waals surface area contributed by atoms with E-state index in [2.05, 4.69) is 4.98 Å². The van der Waals surface area contributed by atoms with Crippen LogP contribution in [-0.4, -0.2) is 33.8 Å². The van der Waals surface area contributed by atoms with Crippen LogP contribution < -0.4 is 0 Å². The zero-order valence-electron chi connectivity index (χ0n) is 8.43. The number of carboxylic acid groups (broad SMARTS) is 1.